The molecule has 0 unspecified atom stereocenters. The highest BCUT2D eigenvalue weighted by Gasteiger charge is 2.08. The number of carbonyl (C=O) groups is 1. The minimum atomic E-state index is -0.292. The quantitative estimate of drug-likeness (QED) is 0.623. The fraction of sp³-hybridized carbons (Fsp3) is 0.214. The molecule has 2 aromatic rings. The van der Waals surface area contributed by atoms with Gasteiger partial charge >= 0.3 is 0 Å². The summed E-state index contributed by atoms with van der Waals surface area (Å²) >= 11 is 3.28. The Hall–Kier alpha value is -2.35. The van der Waals surface area contributed by atoms with Crippen LogP contribution in [0, 0.1) is 6.92 Å². The van der Waals surface area contributed by atoms with E-state index >= 15 is 0 Å². The number of aromatic hydroxyl groups is 1. The summed E-state index contributed by atoms with van der Waals surface area (Å²) in [7, 11) is 1.46. The number of nitrogens with zero attached hydrogens (tertiary/aromatic N) is 3. The summed E-state index contributed by atoms with van der Waals surface area (Å²) in [5.41, 5.74) is 3.91. The number of hydrogen-bond acceptors (Lipinski definition) is 5. The van der Waals surface area contributed by atoms with E-state index in [1.807, 2.05) is 13.0 Å². The molecule has 0 atom stereocenters. The van der Waals surface area contributed by atoms with E-state index in [0.29, 0.717) is 15.8 Å². The van der Waals surface area contributed by atoms with Gasteiger partial charge in [-0.3, -0.25) is 9.48 Å². The van der Waals surface area contributed by atoms with Crippen LogP contribution in [0.3, 0.4) is 0 Å². The van der Waals surface area contributed by atoms with E-state index in [1.54, 1.807) is 16.9 Å². The van der Waals surface area contributed by atoms with Crippen LogP contribution in [0.1, 0.15) is 11.3 Å². The van der Waals surface area contributed by atoms with Crippen LogP contribution < -0.4 is 10.2 Å². The highest BCUT2D eigenvalue weighted by Crippen LogP contribution is 2.34. The molecule has 22 heavy (non-hydrogen) atoms. The monoisotopic (exact) mass is 366 g/mol. The van der Waals surface area contributed by atoms with Crippen LogP contribution in [0.4, 0.5) is 0 Å². The van der Waals surface area contributed by atoms with Crippen LogP contribution in [0.25, 0.3) is 0 Å². The molecule has 0 fully saturated rings. The Morgan fingerprint density at radius 2 is 2.36 bits per heavy atom. The number of benzene rings is 1. The van der Waals surface area contributed by atoms with Crippen molar-refractivity contribution in [1.29, 1.82) is 0 Å². The molecule has 0 saturated heterocycles. The SMILES string of the molecule is COc1c(O)cc(C=NNC(=O)Cn2nccc2C)cc1Br. The van der Waals surface area contributed by atoms with Crippen molar-refractivity contribution >= 4 is 28.1 Å². The van der Waals surface area contributed by atoms with E-state index in [1.165, 1.54) is 19.4 Å². The molecule has 1 amide bonds. The van der Waals surface area contributed by atoms with E-state index in [0.717, 1.165) is 5.69 Å². The minimum Gasteiger partial charge on any atom is -0.504 e. The van der Waals surface area contributed by atoms with Gasteiger partial charge in [0.2, 0.25) is 0 Å². The van der Waals surface area contributed by atoms with Gasteiger partial charge in [0.15, 0.2) is 11.5 Å². The molecule has 1 aromatic heterocycles. The van der Waals surface area contributed by atoms with Gasteiger partial charge in [-0.2, -0.15) is 10.2 Å². The van der Waals surface area contributed by atoms with Crippen molar-refractivity contribution in [2.75, 3.05) is 7.11 Å². The lowest BCUT2D eigenvalue weighted by Crippen LogP contribution is -2.24. The molecule has 0 saturated carbocycles. The number of nitrogens with one attached hydrogen (secondary N) is 1. The molecule has 0 aliphatic heterocycles. The number of aromatic nitrogens is 2. The number of hydrazone groups is 1. The van der Waals surface area contributed by atoms with Gasteiger partial charge in [0.1, 0.15) is 6.54 Å². The number of halogens is 1. The van der Waals surface area contributed by atoms with Crippen LogP contribution >= 0.6 is 15.9 Å². The molecule has 2 rings (SSSR count). The predicted molar refractivity (Wildman–Crippen MR) is 85.1 cm³/mol. The Balaban J connectivity index is 1.98. The van der Waals surface area contributed by atoms with Gasteiger partial charge < -0.3 is 9.84 Å². The fourth-order valence-electron chi connectivity index (χ4n) is 1.79. The molecule has 0 spiro atoms. The average Bonchev–Trinajstić information content (AvgIpc) is 2.84. The highest BCUT2D eigenvalue weighted by molar-refractivity contribution is 9.10. The van der Waals surface area contributed by atoms with Crippen molar-refractivity contribution in [3.05, 3.63) is 40.1 Å². The van der Waals surface area contributed by atoms with Crippen molar-refractivity contribution in [3.8, 4) is 11.5 Å². The number of methoxy groups -OCH3 is 1. The summed E-state index contributed by atoms with van der Waals surface area (Å²) in [6, 6.07) is 5.01. The standard InChI is InChI=1S/C14H15BrN4O3/c1-9-3-4-17-19(9)8-13(21)18-16-7-10-5-11(15)14(22-2)12(20)6-10/h3-7,20H,8H2,1-2H3,(H,18,21). The second-order valence-corrected chi connectivity index (χ2v) is 5.33. The zero-order valence-electron chi connectivity index (χ0n) is 12.1. The number of hydrogen-bond donors (Lipinski definition) is 2. The Kier molecular flexibility index (Phi) is 5.16. The maximum absolute atomic E-state index is 11.7. The van der Waals surface area contributed by atoms with E-state index < -0.39 is 0 Å². The van der Waals surface area contributed by atoms with Crippen LogP contribution in [0.2, 0.25) is 0 Å². The third-order valence-corrected chi connectivity index (χ3v) is 3.46. The second kappa shape index (κ2) is 7.08. The fourth-order valence-corrected chi connectivity index (χ4v) is 2.42. The number of carbonyl (C=O) groups excluding carboxylic acids is 1. The zero-order chi connectivity index (χ0) is 16.1. The molecule has 1 heterocycles. The molecule has 0 radical (unpaired) electrons. The largest absolute Gasteiger partial charge is 0.504 e. The molecule has 0 aliphatic rings. The first-order valence-corrected chi connectivity index (χ1v) is 7.17. The van der Waals surface area contributed by atoms with Gasteiger partial charge in [0, 0.05) is 11.9 Å². The van der Waals surface area contributed by atoms with E-state index in [4.69, 9.17) is 4.74 Å². The molecule has 8 heteroatoms. The Bertz CT molecular complexity index is 689. The number of ether oxygens (including phenoxy) is 1. The van der Waals surface area contributed by atoms with Crippen LogP contribution in [-0.2, 0) is 11.3 Å². The topological polar surface area (TPSA) is 88.7 Å². The normalized spacial score (nSPS) is 10.9. The van der Waals surface area contributed by atoms with Gasteiger partial charge in [-0.25, -0.2) is 5.43 Å². The Morgan fingerprint density at radius 1 is 1.59 bits per heavy atom. The van der Waals surface area contributed by atoms with Crippen molar-refractivity contribution < 1.29 is 14.6 Å². The first-order chi connectivity index (χ1) is 10.5. The van der Waals surface area contributed by atoms with Gasteiger partial charge in [-0.05, 0) is 46.6 Å². The van der Waals surface area contributed by atoms with Gasteiger partial charge in [-0.15, -0.1) is 0 Å². The highest BCUT2D eigenvalue weighted by atomic mass is 79.9. The summed E-state index contributed by atoms with van der Waals surface area (Å²) in [6.45, 7) is 1.95. The molecular formula is C14H15BrN4O3. The lowest BCUT2D eigenvalue weighted by molar-refractivity contribution is -0.121. The molecule has 0 aliphatic carbocycles. The van der Waals surface area contributed by atoms with Gasteiger partial charge in [0.25, 0.3) is 5.91 Å². The number of phenols is 1. The summed E-state index contributed by atoms with van der Waals surface area (Å²) in [6.07, 6.45) is 3.06. The van der Waals surface area contributed by atoms with E-state index in [2.05, 4.69) is 31.6 Å². The minimum absolute atomic E-state index is 0.0168. The van der Waals surface area contributed by atoms with Crippen LogP contribution in [-0.4, -0.2) is 34.1 Å². The van der Waals surface area contributed by atoms with Crippen molar-refractivity contribution in [1.82, 2.24) is 15.2 Å². The second-order valence-electron chi connectivity index (χ2n) is 4.48. The lowest BCUT2D eigenvalue weighted by atomic mass is 10.2. The van der Waals surface area contributed by atoms with Crippen molar-refractivity contribution in [3.63, 3.8) is 0 Å². The third-order valence-electron chi connectivity index (χ3n) is 2.88. The Labute approximate surface area is 135 Å². The maximum atomic E-state index is 11.7. The van der Waals surface area contributed by atoms with Gasteiger partial charge in [0.05, 0.1) is 17.8 Å². The van der Waals surface area contributed by atoms with Gasteiger partial charge in [-0.1, -0.05) is 0 Å². The summed E-state index contributed by atoms with van der Waals surface area (Å²) in [5, 5.41) is 17.6. The molecule has 0 bridgehead atoms. The third kappa shape index (κ3) is 3.85. The smallest absolute Gasteiger partial charge is 0.261 e. The number of amides is 1. The molecular weight excluding hydrogens is 352 g/mol. The summed E-state index contributed by atoms with van der Waals surface area (Å²) in [5.74, 6) is 0.0343. The van der Waals surface area contributed by atoms with Crippen molar-refractivity contribution in [2.45, 2.75) is 13.5 Å². The number of phenolic OH excluding ortho intramolecular Hbond substituents is 1. The van der Waals surface area contributed by atoms with Crippen LogP contribution in [0.5, 0.6) is 11.5 Å². The maximum Gasteiger partial charge on any atom is 0.261 e. The van der Waals surface area contributed by atoms with Crippen molar-refractivity contribution in [2.24, 2.45) is 5.10 Å². The summed E-state index contributed by atoms with van der Waals surface area (Å²) in [4.78, 5) is 11.7. The first-order valence-electron chi connectivity index (χ1n) is 6.38. The molecule has 1 aromatic carbocycles. The number of aryl methyl sites for hydroxylation is 1. The van der Waals surface area contributed by atoms with E-state index in [-0.39, 0.29) is 18.2 Å². The first kappa shape index (κ1) is 16.0. The number of rotatable bonds is 5. The Morgan fingerprint density at radius 3 is 2.95 bits per heavy atom. The lowest BCUT2D eigenvalue weighted by Gasteiger charge is -2.06. The van der Waals surface area contributed by atoms with E-state index in [9.17, 15) is 9.90 Å². The average molecular weight is 367 g/mol. The molecule has 116 valence electrons. The predicted octanol–water partition coefficient (Wildman–Crippen LogP) is 1.82. The molecule has 7 nitrogen and oxygen atoms in total. The van der Waals surface area contributed by atoms with Crippen LogP contribution in [0.15, 0.2) is 34.0 Å². The molecule has 2 N–H and O–H groups in total. The summed E-state index contributed by atoms with van der Waals surface area (Å²) < 4.78 is 7.19. The zero-order valence-corrected chi connectivity index (χ0v) is 13.7.